The fraction of sp³-hybridized carbons (Fsp3) is 0.531. The van der Waals surface area contributed by atoms with Crippen LogP contribution < -0.4 is 0 Å². The van der Waals surface area contributed by atoms with Crippen LogP contribution in [0.25, 0.3) is 0 Å². The molecular formula is C32H45N3O2. The van der Waals surface area contributed by atoms with Crippen LogP contribution in [0.3, 0.4) is 0 Å². The molecule has 0 spiro atoms. The molecule has 5 nitrogen and oxygen atoms in total. The van der Waals surface area contributed by atoms with Gasteiger partial charge in [0, 0.05) is 37.6 Å². The van der Waals surface area contributed by atoms with Gasteiger partial charge in [0.2, 0.25) is 0 Å². The lowest BCUT2D eigenvalue weighted by molar-refractivity contribution is 0.0190. The number of nitrogens with one attached hydrogen (secondary N) is 1. The lowest BCUT2D eigenvalue weighted by Gasteiger charge is -2.43. The number of hydrogen-bond donors (Lipinski definition) is 1. The van der Waals surface area contributed by atoms with Crippen LogP contribution in [0.2, 0.25) is 0 Å². The lowest BCUT2D eigenvalue weighted by atomic mass is 9.82. The maximum absolute atomic E-state index is 6.09. The third kappa shape index (κ3) is 5.41. The predicted molar refractivity (Wildman–Crippen MR) is 151 cm³/mol. The van der Waals surface area contributed by atoms with Crippen molar-refractivity contribution in [1.29, 1.82) is 0 Å². The Morgan fingerprint density at radius 3 is 2.30 bits per heavy atom. The van der Waals surface area contributed by atoms with Crippen LogP contribution in [-0.4, -0.2) is 41.5 Å². The molecule has 0 amide bonds. The molecule has 2 aromatic carbocycles. The second kappa shape index (κ2) is 11.5. The Hall–Kier alpha value is -2.47. The monoisotopic (exact) mass is 503 g/mol. The minimum absolute atomic E-state index is 0.0853. The van der Waals surface area contributed by atoms with Gasteiger partial charge in [0.1, 0.15) is 0 Å². The Labute approximate surface area is 223 Å². The van der Waals surface area contributed by atoms with Gasteiger partial charge in [-0.2, -0.15) is 5.10 Å². The van der Waals surface area contributed by atoms with Crippen molar-refractivity contribution in [3.8, 4) is 0 Å². The van der Waals surface area contributed by atoms with E-state index in [0.717, 1.165) is 44.7 Å². The van der Waals surface area contributed by atoms with Gasteiger partial charge in [-0.1, -0.05) is 50.2 Å². The van der Waals surface area contributed by atoms with E-state index < -0.39 is 0 Å². The number of aromatic amines is 1. The number of hydrogen-bond acceptors (Lipinski definition) is 4. The van der Waals surface area contributed by atoms with E-state index in [-0.39, 0.29) is 17.7 Å². The molecule has 1 N–H and O–H groups in total. The summed E-state index contributed by atoms with van der Waals surface area (Å²) in [6, 6.07) is 13.9. The summed E-state index contributed by atoms with van der Waals surface area (Å²) in [5.41, 5.74) is 11.4. The van der Waals surface area contributed by atoms with E-state index in [9.17, 15) is 0 Å². The molecule has 0 radical (unpaired) electrons. The van der Waals surface area contributed by atoms with Crippen LogP contribution >= 0.6 is 0 Å². The molecule has 5 heteroatoms. The molecule has 1 aliphatic rings. The molecule has 0 bridgehead atoms. The second-order valence-electron chi connectivity index (χ2n) is 10.9. The number of aryl methyl sites for hydroxylation is 4. The van der Waals surface area contributed by atoms with E-state index in [1.54, 1.807) is 7.11 Å². The third-order valence-corrected chi connectivity index (χ3v) is 8.24. The molecule has 0 fully saturated rings. The average Bonchev–Trinajstić information content (AvgIpc) is 3.31. The Morgan fingerprint density at radius 1 is 1.03 bits per heavy atom. The zero-order chi connectivity index (χ0) is 26.7. The van der Waals surface area contributed by atoms with Crippen molar-refractivity contribution in [3.63, 3.8) is 0 Å². The van der Waals surface area contributed by atoms with E-state index in [2.05, 4.69) is 94.9 Å². The summed E-state index contributed by atoms with van der Waals surface area (Å²) in [5.74, 6) is 0. The molecular weight excluding hydrogens is 458 g/mol. The van der Waals surface area contributed by atoms with Crippen molar-refractivity contribution in [1.82, 2.24) is 15.1 Å². The fourth-order valence-corrected chi connectivity index (χ4v) is 5.96. The van der Waals surface area contributed by atoms with Gasteiger partial charge in [0.05, 0.1) is 23.9 Å². The number of rotatable bonds is 10. The van der Waals surface area contributed by atoms with Crippen molar-refractivity contribution in [2.24, 2.45) is 0 Å². The molecule has 0 saturated heterocycles. The molecule has 4 rings (SSSR count). The quantitative estimate of drug-likeness (QED) is 0.339. The Bertz CT molecular complexity index is 1170. The summed E-state index contributed by atoms with van der Waals surface area (Å²) in [4.78, 5) is 2.69. The highest BCUT2D eigenvalue weighted by molar-refractivity contribution is 5.48. The normalized spacial score (nSPS) is 17.1. The van der Waals surface area contributed by atoms with E-state index >= 15 is 0 Å². The van der Waals surface area contributed by atoms with Crippen LogP contribution in [0.1, 0.15) is 91.0 Å². The molecule has 2 atom stereocenters. The molecule has 1 aliphatic heterocycles. The first-order chi connectivity index (χ1) is 17.7. The van der Waals surface area contributed by atoms with E-state index in [1.165, 1.54) is 44.6 Å². The smallest absolute Gasteiger partial charge is 0.0871 e. The first-order valence-electron chi connectivity index (χ1n) is 13.9. The highest BCUT2D eigenvalue weighted by Crippen LogP contribution is 2.42. The first kappa shape index (κ1) is 27.6. The van der Waals surface area contributed by atoms with Gasteiger partial charge >= 0.3 is 0 Å². The zero-order valence-corrected chi connectivity index (χ0v) is 24.1. The molecule has 0 aliphatic carbocycles. The number of ether oxygens (including phenoxy) is 2. The van der Waals surface area contributed by atoms with Crippen molar-refractivity contribution < 1.29 is 9.47 Å². The number of benzene rings is 2. The van der Waals surface area contributed by atoms with Gasteiger partial charge in [0.15, 0.2) is 0 Å². The summed E-state index contributed by atoms with van der Waals surface area (Å²) >= 11 is 0. The third-order valence-electron chi connectivity index (χ3n) is 8.24. The minimum atomic E-state index is -0.343. The maximum Gasteiger partial charge on any atom is 0.0871 e. The SMILES string of the molecule is CCOC[C@H]1Cc2ccccc2CN1C(c1c(C)cc(C(C)(C)OC)cc1C)c1c(CC)n[nH]c1CC. The standard InChI is InChI=1S/C32H45N3O2/c1-9-27-30(28(10-2)34-33-27)31(29-21(4)16-25(17-22(29)5)32(6,7)36-8)35-19-24-15-13-12-14-23(24)18-26(35)20-37-11-3/h12-17,26,31H,9-11,18-20H2,1-8H3,(H,33,34)/t26-,31?/m1/s1. The number of nitrogens with zero attached hydrogens (tertiary/aromatic N) is 2. The Balaban J connectivity index is 1.95. The molecule has 1 unspecified atom stereocenters. The van der Waals surface area contributed by atoms with Gasteiger partial charge in [-0.25, -0.2) is 0 Å². The highest BCUT2D eigenvalue weighted by atomic mass is 16.5. The van der Waals surface area contributed by atoms with Crippen LogP contribution in [0, 0.1) is 13.8 Å². The summed E-state index contributed by atoms with van der Waals surface area (Å²) < 4.78 is 11.9. The predicted octanol–water partition coefficient (Wildman–Crippen LogP) is 6.59. The van der Waals surface area contributed by atoms with Crippen molar-refractivity contribution in [2.75, 3.05) is 20.3 Å². The number of H-pyrrole nitrogens is 1. The molecule has 3 aromatic rings. The van der Waals surface area contributed by atoms with Crippen LogP contribution in [-0.2, 0) is 40.9 Å². The van der Waals surface area contributed by atoms with Crippen LogP contribution in [0.4, 0.5) is 0 Å². The van der Waals surface area contributed by atoms with Gasteiger partial charge in [0.25, 0.3) is 0 Å². The molecule has 1 aromatic heterocycles. The lowest BCUT2D eigenvalue weighted by Crippen LogP contribution is -2.46. The van der Waals surface area contributed by atoms with Crippen LogP contribution in [0.15, 0.2) is 36.4 Å². The molecule has 2 heterocycles. The topological polar surface area (TPSA) is 50.4 Å². The summed E-state index contributed by atoms with van der Waals surface area (Å²) in [7, 11) is 1.79. The highest BCUT2D eigenvalue weighted by Gasteiger charge is 2.38. The molecule has 37 heavy (non-hydrogen) atoms. The van der Waals surface area contributed by atoms with Crippen molar-refractivity contribution in [2.45, 2.75) is 92.0 Å². The first-order valence-corrected chi connectivity index (χ1v) is 13.9. The second-order valence-corrected chi connectivity index (χ2v) is 10.9. The fourth-order valence-electron chi connectivity index (χ4n) is 5.96. The number of methoxy groups -OCH3 is 1. The molecule has 200 valence electrons. The Morgan fingerprint density at radius 2 is 1.70 bits per heavy atom. The Kier molecular flexibility index (Phi) is 8.57. The van der Waals surface area contributed by atoms with Gasteiger partial charge in [-0.3, -0.25) is 10.00 Å². The maximum atomic E-state index is 6.09. The van der Waals surface area contributed by atoms with E-state index in [0.29, 0.717) is 0 Å². The summed E-state index contributed by atoms with van der Waals surface area (Å²) in [6.45, 7) is 17.6. The minimum Gasteiger partial charge on any atom is -0.380 e. The van der Waals surface area contributed by atoms with E-state index in [1.807, 2.05) is 0 Å². The van der Waals surface area contributed by atoms with Gasteiger partial charge < -0.3 is 9.47 Å². The largest absolute Gasteiger partial charge is 0.380 e. The zero-order valence-electron chi connectivity index (χ0n) is 24.1. The average molecular weight is 504 g/mol. The van der Waals surface area contributed by atoms with Gasteiger partial charge in [-0.05, 0) is 87.3 Å². The summed E-state index contributed by atoms with van der Waals surface area (Å²) in [6.07, 6.45) is 2.81. The van der Waals surface area contributed by atoms with Crippen molar-refractivity contribution in [3.05, 3.63) is 86.7 Å². The molecule has 0 saturated carbocycles. The number of aromatic nitrogens is 2. The number of fused-ring (bicyclic) bond motifs is 1. The van der Waals surface area contributed by atoms with Gasteiger partial charge in [-0.15, -0.1) is 0 Å². The summed E-state index contributed by atoms with van der Waals surface area (Å²) in [5, 5.41) is 8.20. The van der Waals surface area contributed by atoms with E-state index in [4.69, 9.17) is 14.6 Å². The van der Waals surface area contributed by atoms with Crippen molar-refractivity contribution >= 4 is 0 Å². The van der Waals surface area contributed by atoms with Crippen LogP contribution in [0.5, 0.6) is 0 Å².